The standard InChI is InChI=1S/C17H29N5O2S/c1-20(2)25(23,24)22-9-5-17(6-10-22)16-3-7-21(8-4-16)13-15-11-18-14-19-12-15/h11-12,14,16-17H,3-10,13H2,1-2H3. The van der Waals surface area contributed by atoms with Crippen LogP contribution in [0.1, 0.15) is 31.2 Å². The second-order valence-corrected chi connectivity index (χ2v) is 9.53. The van der Waals surface area contributed by atoms with Gasteiger partial charge in [-0.05, 0) is 50.6 Å². The Kier molecular flexibility index (Phi) is 6.04. The third-order valence-electron chi connectivity index (χ3n) is 5.61. The van der Waals surface area contributed by atoms with Gasteiger partial charge in [-0.15, -0.1) is 0 Å². The molecule has 2 aliphatic heterocycles. The summed E-state index contributed by atoms with van der Waals surface area (Å²) in [7, 11) is -0.0387. The lowest BCUT2D eigenvalue weighted by molar-refractivity contribution is 0.112. The van der Waals surface area contributed by atoms with Gasteiger partial charge in [0.05, 0.1) is 0 Å². The van der Waals surface area contributed by atoms with Crippen LogP contribution in [0.3, 0.4) is 0 Å². The van der Waals surface area contributed by atoms with Crippen LogP contribution in [0.15, 0.2) is 18.7 Å². The van der Waals surface area contributed by atoms with Gasteiger partial charge < -0.3 is 0 Å². The monoisotopic (exact) mass is 367 g/mol. The number of aromatic nitrogens is 2. The van der Waals surface area contributed by atoms with E-state index in [4.69, 9.17) is 0 Å². The quantitative estimate of drug-likeness (QED) is 0.782. The van der Waals surface area contributed by atoms with E-state index >= 15 is 0 Å². The van der Waals surface area contributed by atoms with Crippen LogP contribution in [-0.2, 0) is 16.8 Å². The Bertz CT molecular complexity index is 636. The van der Waals surface area contributed by atoms with Crippen LogP contribution in [0.25, 0.3) is 0 Å². The highest BCUT2D eigenvalue weighted by atomic mass is 32.2. The maximum Gasteiger partial charge on any atom is 0.281 e. The van der Waals surface area contributed by atoms with Crippen molar-refractivity contribution in [3.63, 3.8) is 0 Å². The summed E-state index contributed by atoms with van der Waals surface area (Å²) in [5, 5.41) is 0. The van der Waals surface area contributed by atoms with Gasteiger partial charge in [-0.3, -0.25) is 4.90 Å². The van der Waals surface area contributed by atoms with E-state index in [1.54, 1.807) is 24.7 Å². The molecule has 25 heavy (non-hydrogen) atoms. The van der Waals surface area contributed by atoms with Gasteiger partial charge in [-0.1, -0.05) is 0 Å². The van der Waals surface area contributed by atoms with E-state index in [0.717, 1.165) is 38.4 Å². The molecule has 0 unspecified atom stereocenters. The molecule has 0 aliphatic carbocycles. The van der Waals surface area contributed by atoms with E-state index < -0.39 is 10.2 Å². The van der Waals surface area contributed by atoms with Crippen molar-refractivity contribution in [1.29, 1.82) is 0 Å². The molecule has 3 rings (SSSR count). The molecule has 2 fully saturated rings. The molecule has 140 valence electrons. The maximum atomic E-state index is 12.2. The summed E-state index contributed by atoms with van der Waals surface area (Å²) in [5.41, 5.74) is 1.17. The van der Waals surface area contributed by atoms with Gasteiger partial charge in [0.15, 0.2) is 0 Å². The third kappa shape index (κ3) is 4.55. The lowest BCUT2D eigenvalue weighted by Gasteiger charge is -2.40. The Labute approximate surface area is 151 Å². The molecule has 0 atom stereocenters. The van der Waals surface area contributed by atoms with Crippen molar-refractivity contribution in [2.24, 2.45) is 11.8 Å². The minimum Gasteiger partial charge on any atom is -0.299 e. The smallest absolute Gasteiger partial charge is 0.281 e. The van der Waals surface area contributed by atoms with E-state index in [1.807, 2.05) is 12.4 Å². The van der Waals surface area contributed by atoms with Crippen molar-refractivity contribution in [3.05, 3.63) is 24.3 Å². The molecule has 2 saturated heterocycles. The molecule has 0 amide bonds. The lowest BCUT2D eigenvalue weighted by Crippen LogP contribution is -2.46. The molecule has 1 aromatic rings. The summed E-state index contributed by atoms with van der Waals surface area (Å²) in [6, 6.07) is 0. The summed E-state index contributed by atoms with van der Waals surface area (Å²) < 4.78 is 27.4. The molecule has 0 aromatic carbocycles. The van der Waals surface area contributed by atoms with Gasteiger partial charge in [0.25, 0.3) is 10.2 Å². The molecule has 0 radical (unpaired) electrons. The van der Waals surface area contributed by atoms with Crippen molar-refractivity contribution in [3.8, 4) is 0 Å². The predicted octanol–water partition coefficient (Wildman–Crippen LogP) is 1.21. The molecule has 0 N–H and O–H groups in total. The molecule has 2 aliphatic rings. The Morgan fingerprint density at radius 3 is 2.04 bits per heavy atom. The zero-order valence-corrected chi connectivity index (χ0v) is 16.0. The highest BCUT2D eigenvalue weighted by Crippen LogP contribution is 2.33. The molecule has 1 aromatic heterocycles. The maximum absolute atomic E-state index is 12.2. The number of piperidine rings is 2. The first-order valence-corrected chi connectivity index (χ1v) is 10.5. The Morgan fingerprint density at radius 1 is 1.00 bits per heavy atom. The Morgan fingerprint density at radius 2 is 1.52 bits per heavy atom. The van der Waals surface area contributed by atoms with Gasteiger partial charge in [-0.25, -0.2) is 9.97 Å². The topological polar surface area (TPSA) is 69.6 Å². The normalized spacial score (nSPS) is 22.5. The second-order valence-electron chi connectivity index (χ2n) is 7.39. The molecular formula is C17H29N5O2S. The van der Waals surface area contributed by atoms with Crippen molar-refractivity contribution >= 4 is 10.2 Å². The first-order chi connectivity index (χ1) is 12.0. The molecule has 8 heteroatoms. The van der Waals surface area contributed by atoms with Crippen LogP contribution >= 0.6 is 0 Å². The van der Waals surface area contributed by atoms with Crippen LogP contribution in [0, 0.1) is 11.8 Å². The molecule has 0 bridgehead atoms. The fourth-order valence-electron chi connectivity index (χ4n) is 4.06. The van der Waals surface area contributed by atoms with Gasteiger partial charge in [0.1, 0.15) is 6.33 Å². The van der Waals surface area contributed by atoms with Crippen LogP contribution in [-0.4, -0.2) is 72.2 Å². The number of hydrogen-bond donors (Lipinski definition) is 0. The highest BCUT2D eigenvalue weighted by Gasteiger charge is 2.33. The average molecular weight is 368 g/mol. The summed E-state index contributed by atoms with van der Waals surface area (Å²) >= 11 is 0. The summed E-state index contributed by atoms with van der Waals surface area (Å²) in [5.74, 6) is 1.39. The van der Waals surface area contributed by atoms with Gasteiger partial charge in [-0.2, -0.15) is 17.0 Å². The van der Waals surface area contributed by atoms with Gasteiger partial charge >= 0.3 is 0 Å². The van der Waals surface area contributed by atoms with E-state index in [1.165, 1.54) is 22.7 Å². The highest BCUT2D eigenvalue weighted by molar-refractivity contribution is 7.86. The van der Waals surface area contributed by atoms with Gasteiger partial charge in [0.2, 0.25) is 0 Å². The molecule has 7 nitrogen and oxygen atoms in total. The van der Waals surface area contributed by atoms with Crippen LogP contribution in [0.2, 0.25) is 0 Å². The van der Waals surface area contributed by atoms with Crippen LogP contribution in [0.5, 0.6) is 0 Å². The average Bonchev–Trinajstić information content (AvgIpc) is 2.63. The van der Waals surface area contributed by atoms with E-state index in [2.05, 4.69) is 14.9 Å². The molecule has 0 spiro atoms. The SMILES string of the molecule is CN(C)S(=O)(=O)N1CCC(C2CCN(Cc3cncnc3)CC2)CC1. The van der Waals surface area contributed by atoms with E-state index in [0.29, 0.717) is 19.0 Å². The third-order valence-corrected chi connectivity index (χ3v) is 7.55. The first-order valence-electron chi connectivity index (χ1n) is 9.10. The fourth-order valence-corrected chi connectivity index (χ4v) is 5.20. The summed E-state index contributed by atoms with van der Waals surface area (Å²) in [6.45, 7) is 4.46. The minimum atomic E-state index is -3.25. The lowest BCUT2D eigenvalue weighted by atomic mass is 9.79. The minimum absolute atomic E-state index is 0.659. The zero-order valence-electron chi connectivity index (χ0n) is 15.2. The summed E-state index contributed by atoms with van der Waals surface area (Å²) in [4.78, 5) is 10.6. The molecule has 3 heterocycles. The zero-order chi connectivity index (χ0) is 17.9. The fraction of sp³-hybridized carbons (Fsp3) is 0.765. The Balaban J connectivity index is 1.45. The van der Waals surface area contributed by atoms with Gasteiger partial charge in [0, 0.05) is 51.7 Å². The Hall–Kier alpha value is -1.09. The number of hydrogen-bond acceptors (Lipinski definition) is 5. The van der Waals surface area contributed by atoms with E-state index in [-0.39, 0.29) is 0 Å². The number of nitrogens with zero attached hydrogens (tertiary/aromatic N) is 5. The van der Waals surface area contributed by atoms with Crippen LogP contribution in [0.4, 0.5) is 0 Å². The van der Waals surface area contributed by atoms with Crippen molar-refractivity contribution < 1.29 is 8.42 Å². The molecular weight excluding hydrogens is 338 g/mol. The van der Waals surface area contributed by atoms with Crippen molar-refractivity contribution in [2.45, 2.75) is 32.2 Å². The summed E-state index contributed by atoms with van der Waals surface area (Å²) in [6.07, 6.45) is 9.74. The molecule has 0 saturated carbocycles. The second kappa shape index (κ2) is 8.07. The van der Waals surface area contributed by atoms with Crippen molar-refractivity contribution in [2.75, 3.05) is 40.3 Å². The number of rotatable bonds is 5. The van der Waals surface area contributed by atoms with E-state index in [9.17, 15) is 8.42 Å². The van der Waals surface area contributed by atoms with Crippen LogP contribution < -0.4 is 0 Å². The number of likely N-dealkylation sites (tertiary alicyclic amines) is 1. The van der Waals surface area contributed by atoms with Crippen molar-refractivity contribution in [1.82, 2.24) is 23.5 Å². The largest absolute Gasteiger partial charge is 0.299 e. The predicted molar refractivity (Wildman–Crippen MR) is 96.9 cm³/mol. The first kappa shape index (κ1) is 18.7.